The Morgan fingerprint density at radius 1 is 1.30 bits per heavy atom. The average molecular weight is 300 g/mol. The fourth-order valence-electron chi connectivity index (χ4n) is 2.54. The van der Waals surface area contributed by atoms with Gasteiger partial charge in [-0.1, -0.05) is 12.2 Å². The smallest absolute Gasteiger partial charge is 0.223 e. The maximum absolute atomic E-state index is 12.0. The van der Waals surface area contributed by atoms with Gasteiger partial charge in [-0.25, -0.2) is 0 Å². The molecule has 0 aromatic rings. The lowest BCUT2D eigenvalue weighted by molar-refractivity contribution is -0.130. The third kappa shape index (κ3) is 5.34. The van der Waals surface area contributed by atoms with Crippen LogP contribution in [-0.2, 0) is 4.79 Å². The number of hydrogen-bond acceptors (Lipinski definition) is 4. The second-order valence-corrected chi connectivity index (χ2v) is 6.43. The highest BCUT2D eigenvalue weighted by Gasteiger charge is 2.26. The molecular weight excluding hydrogens is 272 g/mol. The minimum absolute atomic E-state index is 0.167. The molecule has 0 aromatic heterocycles. The van der Waals surface area contributed by atoms with Crippen LogP contribution in [0.5, 0.6) is 0 Å². The van der Waals surface area contributed by atoms with Crippen molar-refractivity contribution < 1.29 is 4.79 Å². The first kappa shape index (κ1) is 17.3. The highest BCUT2D eigenvalue weighted by atomic mass is 32.1. The van der Waals surface area contributed by atoms with Gasteiger partial charge in [-0.2, -0.15) is 0 Å². The topological polar surface area (TPSA) is 52.8 Å². The van der Waals surface area contributed by atoms with Crippen LogP contribution in [0, 0.1) is 0 Å². The average Bonchev–Trinajstić information content (AvgIpc) is 2.39. The number of carbonyl (C=O) groups excluding carboxylic acids is 1. The lowest BCUT2D eigenvalue weighted by atomic mass is 10.1. The van der Waals surface area contributed by atoms with E-state index in [0.717, 1.165) is 19.6 Å². The van der Waals surface area contributed by atoms with Crippen molar-refractivity contribution in [2.75, 3.05) is 40.3 Å². The van der Waals surface area contributed by atoms with Crippen molar-refractivity contribution in [2.24, 2.45) is 5.73 Å². The molecule has 5 nitrogen and oxygen atoms in total. The molecule has 1 fully saturated rings. The maximum atomic E-state index is 12.0. The molecule has 20 heavy (non-hydrogen) atoms. The standard InChI is InChI=1S/C14H28N4OS/c1-11-9-18(10-12(2)17(11)4)8-6-14(19)16(3)7-5-13(15)20/h11-12H,5-10H2,1-4H3,(H2,15,20). The molecule has 2 N–H and O–H groups in total. The lowest BCUT2D eigenvalue weighted by Crippen LogP contribution is -2.55. The van der Waals surface area contributed by atoms with E-state index in [1.54, 1.807) is 4.90 Å². The molecule has 2 atom stereocenters. The van der Waals surface area contributed by atoms with E-state index in [9.17, 15) is 4.79 Å². The van der Waals surface area contributed by atoms with E-state index in [1.807, 2.05) is 7.05 Å². The van der Waals surface area contributed by atoms with Crippen molar-refractivity contribution >= 4 is 23.1 Å². The molecule has 0 aliphatic carbocycles. The Morgan fingerprint density at radius 2 is 1.85 bits per heavy atom. The van der Waals surface area contributed by atoms with Crippen LogP contribution < -0.4 is 5.73 Å². The fourth-order valence-corrected chi connectivity index (χ4v) is 2.63. The Hall–Kier alpha value is -0.720. The Balaban J connectivity index is 2.32. The summed E-state index contributed by atoms with van der Waals surface area (Å²) in [5.41, 5.74) is 5.46. The van der Waals surface area contributed by atoms with Crippen LogP contribution in [0.15, 0.2) is 0 Å². The second-order valence-electron chi connectivity index (χ2n) is 5.90. The first-order valence-electron chi connectivity index (χ1n) is 7.27. The van der Waals surface area contributed by atoms with Gasteiger partial charge < -0.3 is 10.6 Å². The van der Waals surface area contributed by atoms with Gasteiger partial charge in [0.25, 0.3) is 0 Å². The number of nitrogens with two attached hydrogens (primary N) is 1. The molecule has 0 aromatic carbocycles. The van der Waals surface area contributed by atoms with Crippen LogP contribution in [0.2, 0.25) is 0 Å². The first-order valence-corrected chi connectivity index (χ1v) is 7.68. The van der Waals surface area contributed by atoms with Crippen molar-refractivity contribution in [3.8, 4) is 0 Å². The third-order valence-electron chi connectivity index (χ3n) is 4.20. The van der Waals surface area contributed by atoms with Crippen LogP contribution in [0.1, 0.15) is 26.7 Å². The minimum atomic E-state index is 0.167. The van der Waals surface area contributed by atoms with Crippen molar-refractivity contribution in [1.82, 2.24) is 14.7 Å². The summed E-state index contributed by atoms with van der Waals surface area (Å²) in [6.07, 6.45) is 1.16. The summed E-state index contributed by atoms with van der Waals surface area (Å²) in [5.74, 6) is 0.167. The number of piperazine rings is 1. The molecule has 1 saturated heterocycles. The summed E-state index contributed by atoms with van der Waals surface area (Å²) in [7, 11) is 3.98. The molecule has 0 bridgehead atoms. The monoisotopic (exact) mass is 300 g/mol. The van der Waals surface area contributed by atoms with Gasteiger partial charge in [0.05, 0.1) is 4.99 Å². The Kier molecular flexibility index (Phi) is 6.85. The first-order chi connectivity index (χ1) is 9.31. The second kappa shape index (κ2) is 7.90. The molecule has 116 valence electrons. The number of hydrogen-bond donors (Lipinski definition) is 1. The Labute approximate surface area is 128 Å². The number of carbonyl (C=O) groups is 1. The van der Waals surface area contributed by atoms with Crippen molar-refractivity contribution in [3.05, 3.63) is 0 Å². The van der Waals surface area contributed by atoms with E-state index in [2.05, 4.69) is 30.7 Å². The van der Waals surface area contributed by atoms with Crippen LogP contribution in [0.25, 0.3) is 0 Å². The summed E-state index contributed by atoms with van der Waals surface area (Å²) < 4.78 is 0. The molecule has 1 aliphatic rings. The molecule has 0 saturated carbocycles. The number of amides is 1. The fraction of sp³-hybridized carbons (Fsp3) is 0.857. The summed E-state index contributed by atoms with van der Waals surface area (Å²) >= 11 is 4.83. The molecule has 0 radical (unpaired) electrons. The number of nitrogens with zero attached hydrogens (tertiary/aromatic N) is 3. The van der Waals surface area contributed by atoms with Crippen molar-refractivity contribution in [1.29, 1.82) is 0 Å². The van der Waals surface area contributed by atoms with Gasteiger partial charge in [-0.15, -0.1) is 0 Å². The number of likely N-dealkylation sites (N-methyl/N-ethyl adjacent to an activating group) is 1. The highest BCUT2D eigenvalue weighted by Crippen LogP contribution is 2.13. The number of thiocarbonyl (C=S) groups is 1. The van der Waals surface area contributed by atoms with Crippen LogP contribution in [0.3, 0.4) is 0 Å². The summed E-state index contributed by atoms with van der Waals surface area (Å²) in [4.78, 5) is 19.0. The number of rotatable bonds is 6. The van der Waals surface area contributed by atoms with E-state index in [0.29, 0.717) is 36.5 Å². The van der Waals surface area contributed by atoms with Crippen LogP contribution >= 0.6 is 12.2 Å². The molecule has 1 heterocycles. The van der Waals surface area contributed by atoms with E-state index in [4.69, 9.17) is 18.0 Å². The van der Waals surface area contributed by atoms with Gasteiger partial charge in [0.15, 0.2) is 0 Å². The largest absolute Gasteiger partial charge is 0.393 e. The zero-order valence-corrected chi connectivity index (χ0v) is 13.9. The van der Waals surface area contributed by atoms with E-state index in [-0.39, 0.29) is 5.91 Å². The quantitative estimate of drug-likeness (QED) is 0.726. The summed E-state index contributed by atoms with van der Waals surface area (Å²) in [6.45, 7) is 7.98. The zero-order chi connectivity index (χ0) is 15.3. The van der Waals surface area contributed by atoms with Gasteiger partial charge in [-0.3, -0.25) is 14.6 Å². The van der Waals surface area contributed by atoms with E-state index in [1.165, 1.54) is 0 Å². The lowest BCUT2D eigenvalue weighted by Gasteiger charge is -2.42. The normalized spacial score (nSPS) is 24.6. The van der Waals surface area contributed by atoms with E-state index >= 15 is 0 Å². The SMILES string of the molecule is CC1CN(CCC(=O)N(C)CCC(N)=S)CC(C)N1C. The van der Waals surface area contributed by atoms with Gasteiger partial charge >= 0.3 is 0 Å². The maximum Gasteiger partial charge on any atom is 0.223 e. The predicted octanol–water partition coefficient (Wildman–Crippen LogP) is 0.536. The van der Waals surface area contributed by atoms with Crippen molar-refractivity contribution in [2.45, 2.75) is 38.8 Å². The Morgan fingerprint density at radius 3 is 2.35 bits per heavy atom. The van der Waals surface area contributed by atoms with Gasteiger partial charge in [-0.05, 0) is 20.9 Å². The molecule has 1 amide bonds. The Bertz CT molecular complexity index is 338. The van der Waals surface area contributed by atoms with Gasteiger partial charge in [0.1, 0.15) is 0 Å². The van der Waals surface area contributed by atoms with Gasteiger partial charge in [0.2, 0.25) is 5.91 Å². The van der Waals surface area contributed by atoms with E-state index < -0.39 is 0 Å². The van der Waals surface area contributed by atoms with Gasteiger partial charge in [0, 0.05) is 58.2 Å². The molecule has 0 spiro atoms. The summed E-state index contributed by atoms with van der Waals surface area (Å²) in [5, 5.41) is 0. The minimum Gasteiger partial charge on any atom is -0.393 e. The molecule has 6 heteroatoms. The molecule has 1 rings (SSSR count). The highest BCUT2D eigenvalue weighted by molar-refractivity contribution is 7.80. The summed E-state index contributed by atoms with van der Waals surface area (Å²) in [6, 6.07) is 1.09. The molecule has 2 unspecified atom stereocenters. The molecular formula is C14H28N4OS. The predicted molar refractivity (Wildman–Crippen MR) is 86.8 cm³/mol. The van der Waals surface area contributed by atoms with Crippen molar-refractivity contribution in [3.63, 3.8) is 0 Å². The van der Waals surface area contributed by atoms with Crippen LogP contribution in [-0.4, -0.2) is 78.0 Å². The van der Waals surface area contributed by atoms with Crippen LogP contribution in [0.4, 0.5) is 0 Å². The molecule has 1 aliphatic heterocycles. The zero-order valence-electron chi connectivity index (χ0n) is 13.1. The third-order valence-corrected chi connectivity index (χ3v) is 4.40.